The number of halogens is 1. The Morgan fingerprint density at radius 2 is 2.22 bits per heavy atom. The quantitative estimate of drug-likeness (QED) is 0.776. The first kappa shape index (κ1) is 14.6. The van der Waals surface area contributed by atoms with Gasteiger partial charge in [0, 0.05) is 25.9 Å². The third-order valence-corrected chi connectivity index (χ3v) is 2.87. The maximum absolute atomic E-state index is 11.2. The molecule has 5 nitrogen and oxygen atoms in total. The van der Waals surface area contributed by atoms with Crippen LogP contribution in [0.1, 0.15) is 17.3 Å². The van der Waals surface area contributed by atoms with Crippen LogP contribution in [0.2, 0.25) is 5.02 Å². The molecule has 0 aliphatic heterocycles. The number of benzene rings is 1. The topological polar surface area (TPSA) is 75.8 Å². The van der Waals surface area contributed by atoms with E-state index >= 15 is 0 Å². The van der Waals surface area contributed by atoms with Gasteiger partial charge in [-0.1, -0.05) is 11.6 Å². The summed E-state index contributed by atoms with van der Waals surface area (Å²) in [7, 11) is 1.59. The molecule has 18 heavy (non-hydrogen) atoms. The van der Waals surface area contributed by atoms with Crippen molar-refractivity contribution in [1.82, 2.24) is 0 Å². The van der Waals surface area contributed by atoms with Gasteiger partial charge in [0.1, 0.15) is 0 Å². The van der Waals surface area contributed by atoms with Gasteiger partial charge in [-0.25, -0.2) is 4.79 Å². The molecule has 1 aromatic rings. The van der Waals surface area contributed by atoms with E-state index < -0.39 is 5.97 Å². The highest BCUT2D eigenvalue weighted by Crippen LogP contribution is 2.32. The first-order valence-corrected chi connectivity index (χ1v) is 5.95. The Bertz CT molecular complexity index is 438. The largest absolute Gasteiger partial charge is 0.478 e. The van der Waals surface area contributed by atoms with Crippen LogP contribution in [0, 0.1) is 0 Å². The minimum absolute atomic E-state index is 0.109. The van der Waals surface area contributed by atoms with Gasteiger partial charge in [0.05, 0.1) is 22.9 Å². The Balaban J connectivity index is 3.22. The molecule has 0 bridgehead atoms. The van der Waals surface area contributed by atoms with Crippen LogP contribution in [-0.4, -0.2) is 37.9 Å². The van der Waals surface area contributed by atoms with E-state index in [0.717, 1.165) is 0 Å². The molecule has 0 atom stereocenters. The standard InChI is InChI=1S/C12H17ClN2O3/c1-3-15(4-5-18-2)11-9(12(16)17)6-8(14)7-10(11)13/h6-7H,3-5,14H2,1-2H3,(H,16,17). The van der Waals surface area contributed by atoms with Gasteiger partial charge in [0.15, 0.2) is 0 Å². The molecule has 0 saturated heterocycles. The fourth-order valence-electron chi connectivity index (χ4n) is 1.73. The molecule has 0 amide bonds. The number of hydrogen-bond donors (Lipinski definition) is 2. The van der Waals surface area contributed by atoms with E-state index in [9.17, 15) is 9.90 Å². The lowest BCUT2D eigenvalue weighted by Crippen LogP contribution is -2.29. The Kier molecular flexibility index (Phi) is 5.25. The minimum atomic E-state index is -1.05. The second-order valence-electron chi connectivity index (χ2n) is 3.78. The lowest BCUT2D eigenvalue weighted by Gasteiger charge is -2.25. The van der Waals surface area contributed by atoms with Gasteiger partial charge in [-0.05, 0) is 19.1 Å². The summed E-state index contributed by atoms with van der Waals surface area (Å²) in [4.78, 5) is 13.1. The lowest BCUT2D eigenvalue weighted by atomic mass is 10.1. The van der Waals surface area contributed by atoms with Gasteiger partial charge in [-0.15, -0.1) is 0 Å². The van der Waals surface area contributed by atoms with Crippen LogP contribution < -0.4 is 10.6 Å². The fraction of sp³-hybridized carbons (Fsp3) is 0.417. The maximum atomic E-state index is 11.2. The third kappa shape index (κ3) is 3.27. The van der Waals surface area contributed by atoms with Crippen molar-refractivity contribution < 1.29 is 14.6 Å². The summed E-state index contributed by atoms with van der Waals surface area (Å²) in [5.74, 6) is -1.05. The molecule has 0 heterocycles. The van der Waals surface area contributed by atoms with Crippen LogP contribution in [0.15, 0.2) is 12.1 Å². The number of nitrogen functional groups attached to an aromatic ring is 1. The van der Waals surface area contributed by atoms with Crippen LogP contribution in [0.5, 0.6) is 0 Å². The number of likely N-dealkylation sites (N-methyl/N-ethyl adjacent to an activating group) is 1. The van der Waals surface area contributed by atoms with Crippen molar-refractivity contribution in [3.05, 3.63) is 22.7 Å². The van der Waals surface area contributed by atoms with Gasteiger partial charge in [0.25, 0.3) is 0 Å². The molecule has 0 aromatic heterocycles. The molecule has 1 aromatic carbocycles. The summed E-state index contributed by atoms with van der Waals surface area (Å²) in [6, 6.07) is 2.97. The third-order valence-electron chi connectivity index (χ3n) is 2.58. The SMILES string of the molecule is CCN(CCOC)c1c(Cl)cc(N)cc1C(=O)O. The maximum Gasteiger partial charge on any atom is 0.337 e. The summed E-state index contributed by atoms with van der Waals surface area (Å²) in [6.07, 6.45) is 0. The predicted molar refractivity (Wildman–Crippen MR) is 72.6 cm³/mol. The lowest BCUT2D eigenvalue weighted by molar-refractivity contribution is 0.0697. The number of carbonyl (C=O) groups is 1. The first-order chi connectivity index (χ1) is 8.51. The molecule has 6 heteroatoms. The Hall–Kier alpha value is -1.46. The summed E-state index contributed by atoms with van der Waals surface area (Å²) in [5, 5.41) is 9.55. The van der Waals surface area contributed by atoms with Gasteiger partial charge in [-0.3, -0.25) is 0 Å². The number of methoxy groups -OCH3 is 1. The molecule has 0 radical (unpaired) electrons. The number of aromatic carboxylic acids is 1. The first-order valence-electron chi connectivity index (χ1n) is 5.57. The number of rotatable bonds is 6. The highest BCUT2D eigenvalue weighted by Gasteiger charge is 2.19. The smallest absolute Gasteiger partial charge is 0.337 e. The number of nitrogens with two attached hydrogens (primary N) is 1. The molecule has 100 valence electrons. The van der Waals surface area contributed by atoms with E-state index in [1.54, 1.807) is 13.2 Å². The summed E-state index contributed by atoms with van der Waals surface area (Å²) in [5.41, 5.74) is 6.55. The van der Waals surface area contributed by atoms with Gasteiger partial charge >= 0.3 is 5.97 Å². The average Bonchev–Trinajstić information content (AvgIpc) is 2.31. The van der Waals surface area contributed by atoms with Crippen LogP contribution in [0.3, 0.4) is 0 Å². The Labute approximate surface area is 111 Å². The highest BCUT2D eigenvalue weighted by atomic mass is 35.5. The zero-order chi connectivity index (χ0) is 13.7. The number of nitrogens with zero attached hydrogens (tertiary/aromatic N) is 1. The van der Waals surface area contributed by atoms with Crippen LogP contribution in [0.25, 0.3) is 0 Å². The van der Waals surface area contributed by atoms with Crippen molar-refractivity contribution in [2.24, 2.45) is 0 Å². The summed E-state index contributed by atoms with van der Waals surface area (Å²) < 4.78 is 5.00. The molecular formula is C12H17ClN2O3. The molecule has 0 unspecified atom stereocenters. The van der Waals surface area contributed by atoms with Crippen molar-refractivity contribution >= 4 is 28.9 Å². The molecule has 0 fully saturated rings. The van der Waals surface area contributed by atoms with Gasteiger partial charge < -0.3 is 20.5 Å². The number of anilines is 2. The molecule has 0 spiro atoms. The van der Waals surface area contributed by atoms with E-state index in [1.165, 1.54) is 6.07 Å². The fourth-order valence-corrected chi connectivity index (χ4v) is 2.08. The summed E-state index contributed by atoms with van der Waals surface area (Å²) in [6.45, 7) is 3.62. The van der Waals surface area contributed by atoms with Crippen molar-refractivity contribution in [3.63, 3.8) is 0 Å². The number of carboxylic acid groups (broad SMARTS) is 1. The molecule has 0 saturated carbocycles. The molecule has 0 aliphatic carbocycles. The van der Waals surface area contributed by atoms with E-state index in [-0.39, 0.29) is 5.56 Å². The normalized spacial score (nSPS) is 10.4. The van der Waals surface area contributed by atoms with Crippen LogP contribution in [0.4, 0.5) is 11.4 Å². The molecule has 3 N–H and O–H groups in total. The molecule has 0 aliphatic rings. The van der Waals surface area contributed by atoms with Crippen LogP contribution in [-0.2, 0) is 4.74 Å². The molecular weight excluding hydrogens is 256 g/mol. The van der Waals surface area contributed by atoms with E-state index in [2.05, 4.69) is 0 Å². The van der Waals surface area contributed by atoms with Gasteiger partial charge in [0.2, 0.25) is 0 Å². The highest BCUT2D eigenvalue weighted by molar-refractivity contribution is 6.34. The second kappa shape index (κ2) is 6.47. The Morgan fingerprint density at radius 3 is 2.72 bits per heavy atom. The minimum Gasteiger partial charge on any atom is -0.478 e. The van der Waals surface area contributed by atoms with E-state index in [0.29, 0.717) is 36.1 Å². The average molecular weight is 273 g/mol. The zero-order valence-corrected chi connectivity index (χ0v) is 11.2. The zero-order valence-electron chi connectivity index (χ0n) is 10.4. The number of hydrogen-bond acceptors (Lipinski definition) is 4. The monoisotopic (exact) mass is 272 g/mol. The second-order valence-corrected chi connectivity index (χ2v) is 4.18. The van der Waals surface area contributed by atoms with Crippen molar-refractivity contribution in [2.75, 3.05) is 37.4 Å². The van der Waals surface area contributed by atoms with Crippen LogP contribution >= 0.6 is 11.6 Å². The van der Waals surface area contributed by atoms with Crippen molar-refractivity contribution in [3.8, 4) is 0 Å². The van der Waals surface area contributed by atoms with Crippen molar-refractivity contribution in [2.45, 2.75) is 6.92 Å². The van der Waals surface area contributed by atoms with E-state index in [4.69, 9.17) is 22.1 Å². The van der Waals surface area contributed by atoms with Crippen molar-refractivity contribution in [1.29, 1.82) is 0 Å². The van der Waals surface area contributed by atoms with Gasteiger partial charge in [-0.2, -0.15) is 0 Å². The number of ether oxygens (including phenoxy) is 1. The molecule has 1 rings (SSSR count). The predicted octanol–water partition coefficient (Wildman–Crippen LogP) is 2.09. The number of carboxylic acids is 1. The van der Waals surface area contributed by atoms with E-state index in [1.807, 2.05) is 11.8 Å². The summed E-state index contributed by atoms with van der Waals surface area (Å²) >= 11 is 6.11. The Morgan fingerprint density at radius 1 is 1.56 bits per heavy atom.